The number of pyridine rings is 2. The molecular formula is C23H24ClF2N3O2. The minimum atomic E-state index is -0.987. The van der Waals surface area contributed by atoms with Crippen molar-refractivity contribution < 1.29 is 13.6 Å². The van der Waals surface area contributed by atoms with Crippen LogP contribution in [0.3, 0.4) is 0 Å². The van der Waals surface area contributed by atoms with Crippen LogP contribution in [0.4, 0.5) is 8.78 Å². The second-order valence-electron chi connectivity index (χ2n) is 7.71. The molecule has 0 bridgehead atoms. The van der Waals surface area contributed by atoms with Crippen LogP contribution in [0.1, 0.15) is 61.1 Å². The minimum absolute atomic E-state index is 0.0420. The molecule has 1 fully saturated rings. The molecule has 31 heavy (non-hydrogen) atoms. The van der Waals surface area contributed by atoms with Crippen LogP contribution >= 0.6 is 11.6 Å². The molecule has 3 N–H and O–H groups in total. The van der Waals surface area contributed by atoms with E-state index in [1.54, 1.807) is 12.1 Å². The lowest BCUT2D eigenvalue weighted by Crippen LogP contribution is -2.20. The van der Waals surface area contributed by atoms with Crippen molar-refractivity contribution in [3.05, 3.63) is 74.8 Å². The molecule has 0 radical (unpaired) electrons. The molecule has 0 spiro atoms. The summed E-state index contributed by atoms with van der Waals surface area (Å²) in [6.45, 7) is 2.22. The number of nitrogens with two attached hydrogens (primary N) is 1. The van der Waals surface area contributed by atoms with Crippen molar-refractivity contribution in [1.82, 2.24) is 9.97 Å². The highest BCUT2D eigenvalue weighted by molar-refractivity contribution is 6.30. The van der Waals surface area contributed by atoms with Gasteiger partial charge in [-0.05, 0) is 42.9 Å². The highest BCUT2D eigenvalue weighted by atomic mass is 35.5. The molecule has 0 saturated heterocycles. The fraction of sp³-hybridized carbons (Fsp3) is 0.348. The molecule has 1 aliphatic rings. The topological polar surface area (TPSA) is 88.8 Å². The number of rotatable bonds is 3. The molecule has 2 unspecified atom stereocenters. The van der Waals surface area contributed by atoms with Crippen LogP contribution in [0.25, 0.3) is 10.9 Å². The number of halogens is 3. The monoisotopic (exact) mass is 447 g/mol. The Morgan fingerprint density at radius 3 is 2.71 bits per heavy atom. The van der Waals surface area contributed by atoms with Gasteiger partial charge in [-0.2, -0.15) is 0 Å². The van der Waals surface area contributed by atoms with Gasteiger partial charge in [0.25, 0.3) is 5.91 Å². The van der Waals surface area contributed by atoms with E-state index in [2.05, 4.69) is 16.9 Å². The van der Waals surface area contributed by atoms with Crippen molar-refractivity contribution in [2.75, 3.05) is 0 Å². The van der Waals surface area contributed by atoms with Crippen LogP contribution in [-0.2, 0) is 0 Å². The lowest BCUT2D eigenvalue weighted by Gasteiger charge is -2.28. The van der Waals surface area contributed by atoms with Crippen molar-refractivity contribution in [3.63, 3.8) is 0 Å². The maximum atomic E-state index is 12.5. The number of nitrogens with zero attached hydrogens (tertiary/aromatic N) is 1. The third-order valence-corrected chi connectivity index (χ3v) is 5.99. The fourth-order valence-electron chi connectivity index (χ4n) is 4.05. The van der Waals surface area contributed by atoms with Gasteiger partial charge in [0.05, 0.1) is 15.9 Å². The Kier molecular flexibility index (Phi) is 7.38. The molecule has 0 aliphatic heterocycles. The summed E-state index contributed by atoms with van der Waals surface area (Å²) in [5, 5.41) is 0.108. The SMILES string of the molecule is CCC1CCCC(c2cc(=O)c3c(C(N)=O)nccc3[nH]2)C1.Fc1cccc(Cl)c1F. The number of carbonyl (C=O) groups is 1. The summed E-state index contributed by atoms with van der Waals surface area (Å²) < 4.78 is 24.3. The average Bonchev–Trinajstić information content (AvgIpc) is 2.77. The van der Waals surface area contributed by atoms with Gasteiger partial charge < -0.3 is 10.7 Å². The average molecular weight is 448 g/mol. The van der Waals surface area contributed by atoms with Gasteiger partial charge in [-0.15, -0.1) is 0 Å². The van der Waals surface area contributed by atoms with Crippen LogP contribution in [0.15, 0.2) is 41.3 Å². The number of amides is 1. The Morgan fingerprint density at radius 1 is 1.29 bits per heavy atom. The van der Waals surface area contributed by atoms with Crippen molar-refractivity contribution in [1.29, 1.82) is 0 Å². The van der Waals surface area contributed by atoms with Gasteiger partial charge >= 0.3 is 0 Å². The number of primary amides is 1. The van der Waals surface area contributed by atoms with Gasteiger partial charge in [0.1, 0.15) is 5.69 Å². The number of hydrogen-bond donors (Lipinski definition) is 2. The minimum Gasteiger partial charge on any atom is -0.364 e. The van der Waals surface area contributed by atoms with Gasteiger partial charge in [-0.3, -0.25) is 14.6 Å². The molecule has 2 heterocycles. The lowest BCUT2D eigenvalue weighted by atomic mass is 9.78. The molecule has 164 valence electrons. The number of fused-ring (bicyclic) bond motifs is 1. The first-order chi connectivity index (χ1) is 14.8. The maximum absolute atomic E-state index is 12.5. The molecular weight excluding hydrogens is 424 g/mol. The summed E-state index contributed by atoms with van der Waals surface area (Å²) in [6, 6.07) is 7.01. The number of H-pyrrole nitrogens is 1. The first-order valence-electron chi connectivity index (χ1n) is 10.2. The predicted molar refractivity (Wildman–Crippen MR) is 117 cm³/mol. The van der Waals surface area contributed by atoms with Crippen LogP contribution < -0.4 is 11.2 Å². The van der Waals surface area contributed by atoms with Gasteiger partial charge in [0.15, 0.2) is 17.1 Å². The predicted octanol–water partition coefficient (Wildman–Crippen LogP) is 5.32. The van der Waals surface area contributed by atoms with E-state index in [1.807, 2.05) is 0 Å². The zero-order valence-corrected chi connectivity index (χ0v) is 17.9. The molecule has 2 atom stereocenters. The van der Waals surface area contributed by atoms with E-state index in [4.69, 9.17) is 17.3 Å². The summed E-state index contributed by atoms with van der Waals surface area (Å²) in [4.78, 5) is 31.2. The smallest absolute Gasteiger partial charge is 0.268 e. The number of aromatic nitrogens is 2. The highest BCUT2D eigenvalue weighted by Gasteiger charge is 2.24. The van der Waals surface area contributed by atoms with E-state index in [1.165, 1.54) is 37.6 Å². The number of benzene rings is 1. The van der Waals surface area contributed by atoms with Gasteiger partial charge in [0.2, 0.25) is 0 Å². The molecule has 2 aromatic heterocycles. The van der Waals surface area contributed by atoms with E-state index >= 15 is 0 Å². The number of hydrogen-bond acceptors (Lipinski definition) is 3. The van der Waals surface area contributed by atoms with E-state index in [-0.39, 0.29) is 16.1 Å². The number of carbonyl (C=O) groups excluding carboxylic acids is 1. The second-order valence-corrected chi connectivity index (χ2v) is 8.12. The Hall–Kier alpha value is -2.80. The number of nitrogens with one attached hydrogen (secondary N) is 1. The Bertz CT molecular complexity index is 1130. The summed E-state index contributed by atoms with van der Waals surface area (Å²) >= 11 is 5.20. The largest absolute Gasteiger partial charge is 0.364 e. The molecule has 1 amide bonds. The van der Waals surface area contributed by atoms with Crippen LogP contribution in [-0.4, -0.2) is 15.9 Å². The Balaban J connectivity index is 0.000000254. The Labute approximate surface area is 183 Å². The molecule has 1 saturated carbocycles. The van der Waals surface area contributed by atoms with Crippen LogP contribution in [0.2, 0.25) is 5.02 Å². The van der Waals surface area contributed by atoms with Gasteiger partial charge in [-0.1, -0.05) is 43.9 Å². The molecule has 3 aromatic rings. The zero-order valence-electron chi connectivity index (χ0n) is 17.1. The third kappa shape index (κ3) is 5.28. The molecule has 1 aliphatic carbocycles. The summed E-state index contributed by atoms with van der Waals surface area (Å²) in [6.07, 6.45) is 7.39. The maximum Gasteiger partial charge on any atom is 0.268 e. The molecule has 4 rings (SSSR count). The lowest BCUT2D eigenvalue weighted by molar-refractivity contribution is 0.0997. The Morgan fingerprint density at radius 2 is 2.06 bits per heavy atom. The van der Waals surface area contributed by atoms with Crippen molar-refractivity contribution in [2.24, 2.45) is 11.7 Å². The molecule has 1 aromatic carbocycles. The standard InChI is InChI=1S/C17H21N3O2.C6H3ClF2/c1-2-10-4-3-5-11(8-10)13-9-14(21)15-12(20-13)6-7-19-16(15)17(18)22;7-4-2-1-3-5(8)6(4)9/h6-7,9-11H,2-5,8H2,1H3,(H2,18,22)(H,20,21);1-3H. The third-order valence-electron chi connectivity index (χ3n) is 5.70. The van der Waals surface area contributed by atoms with E-state index < -0.39 is 17.5 Å². The fourth-order valence-corrected chi connectivity index (χ4v) is 4.21. The molecule has 5 nitrogen and oxygen atoms in total. The van der Waals surface area contributed by atoms with E-state index in [0.717, 1.165) is 30.5 Å². The quantitative estimate of drug-likeness (QED) is 0.532. The summed E-state index contributed by atoms with van der Waals surface area (Å²) in [5.41, 5.74) is 6.79. The van der Waals surface area contributed by atoms with Crippen molar-refractivity contribution in [2.45, 2.75) is 44.9 Å². The first kappa shape index (κ1) is 22.9. The first-order valence-corrected chi connectivity index (χ1v) is 10.6. The second kappa shape index (κ2) is 10.0. The van der Waals surface area contributed by atoms with Crippen molar-refractivity contribution >= 4 is 28.4 Å². The van der Waals surface area contributed by atoms with E-state index in [0.29, 0.717) is 16.8 Å². The summed E-state index contributed by atoms with van der Waals surface area (Å²) in [7, 11) is 0. The van der Waals surface area contributed by atoms with Gasteiger partial charge in [0, 0.05) is 18.0 Å². The van der Waals surface area contributed by atoms with E-state index in [9.17, 15) is 18.4 Å². The van der Waals surface area contributed by atoms with Crippen LogP contribution in [0.5, 0.6) is 0 Å². The number of aromatic amines is 1. The summed E-state index contributed by atoms with van der Waals surface area (Å²) in [5.74, 6) is -1.45. The van der Waals surface area contributed by atoms with Crippen LogP contribution in [0, 0.1) is 17.6 Å². The molecule has 8 heteroatoms. The normalized spacial score (nSPS) is 18.3. The zero-order chi connectivity index (χ0) is 22.5. The van der Waals surface area contributed by atoms with Crippen molar-refractivity contribution in [3.8, 4) is 0 Å². The van der Waals surface area contributed by atoms with Gasteiger partial charge in [-0.25, -0.2) is 8.78 Å². The highest BCUT2D eigenvalue weighted by Crippen LogP contribution is 2.36.